The fraction of sp³-hybridized carbons (Fsp3) is 0.500. The number of nitrogens with zero attached hydrogens (tertiary/aromatic N) is 1. The van der Waals surface area contributed by atoms with Crippen LogP contribution in [0.1, 0.15) is 32.3 Å². The third-order valence-corrected chi connectivity index (χ3v) is 5.20. The maximum Gasteiger partial charge on any atom is 0.243 e. The Morgan fingerprint density at radius 3 is 2.38 bits per heavy atom. The highest BCUT2D eigenvalue weighted by Crippen LogP contribution is 2.32. The van der Waals surface area contributed by atoms with Crippen molar-refractivity contribution in [1.82, 2.24) is 4.31 Å². The van der Waals surface area contributed by atoms with E-state index in [-0.39, 0.29) is 12.6 Å². The quantitative estimate of drug-likeness (QED) is 0.845. The normalized spacial score (nSPS) is 15.1. The third kappa shape index (κ3) is 4.07. The van der Waals surface area contributed by atoms with Crippen molar-refractivity contribution >= 4 is 10.0 Å². The molecule has 1 fully saturated rings. The van der Waals surface area contributed by atoms with Gasteiger partial charge >= 0.3 is 0 Å². The Labute approximate surface area is 126 Å². The van der Waals surface area contributed by atoms with E-state index in [1.807, 2.05) is 13.8 Å². The maximum atomic E-state index is 12.7. The van der Waals surface area contributed by atoms with Gasteiger partial charge < -0.3 is 5.11 Å². The van der Waals surface area contributed by atoms with E-state index in [1.165, 1.54) is 0 Å². The first-order valence-corrected chi connectivity index (χ1v) is 8.61. The Hall–Kier alpha value is -1.35. The van der Waals surface area contributed by atoms with Gasteiger partial charge in [-0.3, -0.25) is 0 Å². The first-order valence-electron chi connectivity index (χ1n) is 7.17. The second-order valence-electron chi connectivity index (χ2n) is 5.68. The second kappa shape index (κ2) is 6.61. The molecule has 0 bridgehead atoms. The Morgan fingerprint density at radius 1 is 1.29 bits per heavy atom. The highest BCUT2D eigenvalue weighted by molar-refractivity contribution is 7.89. The van der Waals surface area contributed by atoms with E-state index in [2.05, 4.69) is 11.8 Å². The van der Waals surface area contributed by atoms with Crippen molar-refractivity contribution in [3.05, 3.63) is 29.8 Å². The number of rotatable bonds is 5. The summed E-state index contributed by atoms with van der Waals surface area (Å²) in [6, 6.07) is 6.69. The average Bonchev–Trinajstić information content (AvgIpc) is 3.27. The fourth-order valence-electron chi connectivity index (χ4n) is 2.15. The lowest BCUT2D eigenvalue weighted by atomic mass is 10.2. The summed E-state index contributed by atoms with van der Waals surface area (Å²) in [6.45, 7) is 4.40. The standard InChI is InChI=1S/C16H21NO3S/c1-13(2)12-17(15-7-8-15)21(19,20)16-9-5-14(6-10-16)4-3-11-18/h5-6,9-10,13,15,18H,7-8,11-12H2,1-2H3. The molecule has 0 atom stereocenters. The molecule has 0 radical (unpaired) electrons. The molecular formula is C16H21NO3S. The van der Waals surface area contributed by atoms with Crippen LogP contribution in [0.5, 0.6) is 0 Å². The van der Waals surface area contributed by atoms with Gasteiger partial charge in [-0.15, -0.1) is 0 Å². The van der Waals surface area contributed by atoms with Crippen LogP contribution < -0.4 is 0 Å². The van der Waals surface area contributed by atoms with E-state index in [0.29, 0.717) is 22.9 Å². The van der Waals surface area contributed by atoms with Crippen LogP contribution in [0.15, 0.2) is 29.2 Å². The molecule has 1 aliphatic carbocycles. The predicted octanol–water partition coefficient (Wildman–Crippen LogP) is 1.84. The van der Waals surface area contributed by atoms with Gasteiger partial charge in [0.15, 0.2) is 0 Å². The molecule has 1 N–H and O–H groups in total. The first kappa shape index (κ1) is 16.0. The van der Waals surface area contributed by atoms with Crippen LogP contribution in [0.25, 0.3) is 0 Å². The molecular weight excluding hydrogens is 286 g/mol. The van der Waals surface area contributed by atoms with Crippen LogP contribution in [0.3, 0.4) is 0 Å². The van der Waals surface area contributed by atoms with Gasteiger partial charge in [-0.1, -0.05) is 25.7 Å². The molecule has 21 heavy (non-hydrogen) atoms. The molecule has 0 heterocycles. The molecule has 2 rings (SSSR count). The van der Waals surface area contributed by atoms with E-state index >= 15 is 0 Å². The maximum absolute atomic E-state index is 12.7. The van der Waals surface area contributed by atoms with Crippen molar-refractivity contribution in [1.29, 1.82) is 0 Å². The van der Waals surface area contributed by atoms with Crippen LogP contribution >= 0.6 is 0 Å². The number of hydrogen-bond acceptors (Lipinski definition) is 3. The average molecular weight is 307 g/mol. The van der Waals surface area contributed by atoms with Gasteiger partial charge in [0.2, 0.25) is 10.0 Å². The van der Waals surface area contributed by atoms with Gasteiger partial charge in [0.1, 0.15) is 6.61 Å². The Bertz CT molecular complexity index is 634. The Kier molecular flexibility index (Phi) is 5.04. The largest absolute Gasteiger partial charge is 0.384 e. The minimum Gasteiger partial charge on any atom is -0.384 e. The molecule has 0 aromatic heterocycles. The monoisotopic (exact) mass is 307 g/mol. The lowest BCUT2D eigenvalue weighted by Gasteiger charge is -2.23. The summed E-state index contributed by atoms with van der Waals surface area (Å²) in [7, 11) is -3.43. The molecule has 1 aliphatic rings. The summed E-state index contributed by atoms with van der Waals surface area (Å²) in [5.74, 6) is 5.61. The molecule has 0 spiro atoms. The zero-order chi connectivity index (χ0) is 15.5. The summed E-state index contributed by atoms with van der Waals surface area (Å²) in [5.41, 5.74) is 0.699. The van der Waals surface area contributed by atoms with Crippen LogP contribution in [0.2, 0.25) is 0 Å². The first-order chi connectivity index (χ1) is 9.95. The second-order valence-corrected chi connectivity index (χ2v) is 7.57. The molecule has 1 saturated carbocycles. The van der Waals surface area contributed by atoms with Gasteiger partial charge in [-0.25, -0.2) is 8.42 Å². The van der Waals surface area contributed by atoms with Crippen LogP contribution in [-0.4, -0.2) is 37.0 Å². The van der Waals surface area contributed by atoms with Gasteiger partial charge in [-0.2, -0.15) is 4.31 Å². The highest BCUT2D eigenvalue weighted by atomic mass is 32.2. The Morgan fingerprint density at radius 2 is 1.90 bits per heavy atom. The minimum atomic E-state index is -3.43. The summed E-state index contributed by atoms with van der Waals surface area (Å²) < 4.78 is 27.1. The predicted molar refractivity (Wildman–Crippen MR) is 82.2 cm³/mol. The fourth-order valence-corrected chi connectivity index (χ4v) is 4.00. The summed E-state index contributed by atoms with van der Waals surface area (Å²) in [4.78, 5) is 0.310. The molecule has 1 aromatic carbocycles. The van der Waals surface area contributed by atoms with Gasteiger partial charge in [0, 0.05) is 18.2 Å². The summed E-state index contributed by atoms with van der Waals surface area (Å²) in [5, 5.41) is 8.66. The molecule has 0 unspecified atom stereocenters. The van der Waals surface area contributed by atoms with Crippen molar-refractivity contribution in [3.8, 4) is 11.8 Å². The van der Waals surface area contributed by atoms with E-state index in [1.54, 1.807) is 28.6 Å². The van der Waals surface area contributed by atoms with Crippen molar-refractivity contribution in [2.24, 2.45) is 5.92 Å². The van der Waals surface area contributed by atoms with Crippen molar-refractivity contribution in [2.75, 3.05) is 13.2 Å². The number of aliphatic hydroxyl groups is 1. The summed E-state index contributed by atoms with van der Waals surface area (Å²) in [6.07, 6.45) is 1.90. The van der Waals surface area contributed by atoms with E-state index in [9.17, 15) is 8.42 Å². The molecule has 1 aromatic rings. The van der Waals surface area contributed by atoms with E-state index in [0.717, 1.165) is 12.8 Å². The molecule has 114 valence electrons. The molecule has 0 saturated heterocycles. The molecule has 5 heteroatoms. The van der Waals surface area contributed by atoms with Crippen LogP contribution in [0, 0.1) is 17.8 Å². The molecule has 0 amide bonds. The Balaban J connectivity index is 2.25. The molecule has 4 nitrogen and oxygen atoms in total. The molecule has 0 aliphatic heterocycles. The summed E-state index contributed by atoms with van der Waals surface area (Å²) >= 11 is 0. The van der Waals surface area contributed by atoms with Gasteiger partial charge in [-0.05, 0) is 43.0 Å². The van der Waals surface area contributed by atoms with E-state index < -0.39 is 10.0 Å². The lowest BCUT2D eigenvalue weighted by molar-refractivity contribution is 0.350. The number of sulfonamides is 1. The van der Waals surface area contributed by atoms with Gasteiger partial charge in [0.25, 0.3) is 0 Å². The van der Waals surface area contributed by atoms with Crippen LogP contribution in [-0.2, 0) is 10.0 Å². The highest BCUT2D eigenvalue weighted by Gasteiger charge is 2.38. The van der Waals surface area contributed by atoms with Crippen molar-refractivity contribution in [2.45, 2.75) is 37.6 Å². The minimum absolute atomic E-state index is 0.159. The number of aliphatic hydroxyl groups excluding tert-OH is 1. The number of hydrogen-bond donors (Lipinski definition) is 1. The van der Waals surface area contributed by atoms with Gasteiger partial charge in [0.05, 0.1) is 4.90 Å². The zero-order valence-corrected chi connectivity index (χ0v) is 13.2. The zero-order valence-electron chi connectivity index (χ0n) is 12.4. The third-order valence-electron chi connectivity index (χ3n) is 3.27. The van der Waals surface area contributed by atoms with Crippen molar-refractivity contribution in [3.63, 3.8) is 0 Å². The SMILES string of the molecule is CC(C)CN(C1CC1)S(=O)(=O)c1ccc(C#CCO)cc1. The van der Waals surface area contributed by atoms with E-state index in [4.69, 9.17) is 5.11 Å². The van der Waals surface area contributed by atoms with Crippen molar-refractivity contribution < 1.29 is 13.5 Å². The lowest BCUT2D eigenvalue weighted by Crippen LogP contribution is -2.36. The van der Waals surface area contributed by atoms with Crippen LogP contribution in [0.4, 0.5) is 0 Å². The number of benzene rings is 1. The topological polar surface area (TPSA) is 57.6 Å². The smallest absolute Gasteiger partial charge is 0.243 e.